The fourth-order valence-electron chi connectivity index (χ4n) is 0.873. The summed E-state index contributed by atoms with van der Waals surface area (Å²) in [4.78, 5) is 21.9. The van der Waals surface area contributed by atoms with Gasteiger partial charge in [0.05, 0.1) is 7.11 Å². The molecular weight excluding hydrogens is 186 g/mol. The summed E-state index contributed by atoms with van der Waals surface area (Å²) in [5, 5.41) is 7.13. The molecule has 0 spiro atoms. The van der Waals surface area contributed by atoms with Gasteiger partial charge in [-0.3, -0.25) is 10.2 Å². The van der Waals surface area contributed by atoms with Gasteiger partial charge in [-0.1, -0.05) is 0 Å². The maximum atomic E-state index is 11.1. The highest BCUT2D eigenvalue weighted by Gasteiger charge is 2.17. The largest absolute Gasteiger partial charge is 0.464 e. The standard InChI is InChI=1S/C9H15NO4/c1-13-6-4-3-5-7(11)8(10)9(12)14-2/h10H,3-6H2,1-2H3. The average molecular weight is 201 g/mol. The Labute approximate surface area is 82.9 Å². The van der Waals surface area contributed by atoms with Crippen LogP contribution < -0.4 is 0 Å². The molecular formula is C9H15NO4. The minimum Gasteiger partial charge on any atom is -0.464 e. The van der Waals surface area contributed by atoms with E-state index in [1.54, 1.807) is 7.11 Å². The summed E-state index contributed by atoms with van der Waals surface area (Å²) in [5.41, 5.74) is -0.579. The van der Waals surface area contributed by atoms with Gasteiger partial charge in [-0.05, 0) is 12.8 Å². The highest BCUT2D eigenvalue weighted by Crippen LogP contribution is 1.98. The number of nitrogens with one attached hydrogen (secondary N) is 1. The van der Waals surface area contributed by atoms with Crippen LogP contribution in [0.2, 0.25) is 0 Å². The van der Waals surface area contributed by atoms with Crippen LogP contribution in [0.5, 0.6) is 0 Å². The Morgan fingerprint density at radius 2 is 1.86 bits per heavy atom. The van der Waals surface area contributed by atoms with Gasteiger partial charge < -0.3 is 9.47 Å². The van der Waals surface area contributed by atoms with Crippen molar-refractivity contribution in [1.29, 1.82) is 5.41 Å². The zero-order chi connectivity index (χ0) is 11.0. The molecule has 0 amide bonds. The summed E-state index contributed by atoms with van der Waals surface area (Å²) >= 11 is 0. The number of ketones is 1. The van der Waals surface area contributed by atoms with Gasteiger partial charge in [0.15, 0.2) is 11.5 Å². The molecule has 0 aliphatic heterocycles. The van der Waals surface area contributed by atoms with Crippen molar-refractivity contribution in [1.82, 2.24) is 0 Å². The molecule has 0 radical (unpaired) electrons. The highest BCUT2D eigenvalue weighted by atomic mass is 16.5. The summed E-state index contributed by atoms with van der Waals surface area (Å²) in [7, 11) is 2.73. The predicted molar refractivity (Wildman–Crippen MR) is 50.5 cm³/mol. The van der Waals surface area contributed by atoms with Crippen molar-refractivity contribution in [2.45, 2.75) is 19.3 Å². The molecule has 5 nitrogen and oxygen atoms in total. The first-order valence-electron chi connectivity index (χ1n) is 4.32. The number of carbonyl (C=O) groups excluding carboxylic acids is 2. The Kier molecular flexibility index (Phi) is 6.57. The number of rotatable bonds is 7. The first kappa shape index (κ1) is 12.8. The maximum Gasteiger partial charge on any atom is 0.359 e. The van der Waals surface area contributed by atoms with Gasteiger partial charge in [-0.25, -0.2) is 4.79 Å². The topological polar surface area (TPSA) is 76.5 Å². The maximum absolute atomic E-state index is 11.1. The van der Waals surface area contributed by atoms with Crippen molar-refractivity contribution < 1.29 is 19.1 Å². The number of hydrogen-bond donors (Lipinski definition) is 1. The molecule has 0 aromatic rings. The quantitative estimate of drug-likeness (QED) is 0.282. The van der Waals surface area contributed by atoms with Crippen LogP contribution in [0.3, 0.4) is 0 Å². The third-order valence-electron chi connectivity index (χ3n) is 1.67. The van der Waals surface area contributed by atoms with E-state index >= 15 is 0 Å². The Morgan fingerprint density at radius 3 is 2.36 bits per heavy atom. The summed E-state index contributed by atoms with van der Waals surface area (Å²) in [6, 6.07) is 0. The second kappa shape index (κ2) is 7.20. The predicted octanol–water partition coefficient (Wildman–Crippen LogP) is 0.565. The zero-order valence-corrected chi connectivity index (χ0v) is 8.46. The van der Waals surface area contributed by atoms with Crippen molar-refractivity contribution in [3.63, 3.8) is 0 Å². The van der Waals surface area contributed by atoms with E-state index in [4.69, 9.17) is 10.1 Å². The average Bonchev–Trinajstić information content (AvgIpc) is 2.21. The first-order chi connectivity index (χ1) is 6.63. The van der Waals surface area contributed by atoms with Crippen LogP contribution in [0.4, 0.5) is 0 Å². The Balaban J connectivity index is 3.74. The van der Waals surface area contributed by atoms with Crippen molar-refractivity contribution in [3.8, 4) is 0 Å². The summed E-state index contributed by atoms with van der Waals surface area (Å²) in [6.45, 7) is 0.582. The van der Waals surface area contributed by atoms with Gasteiger partial charge in [0.2, 0.25) is 0 Å². The van der Waals surface area contributed by atoms with E-state index < -0.39 is 17.5 Å². The van der Waals surface area contributed by atoms with Crippen LogP contribution >= 0.6 is 0 Å². The number of unbranched alkanes of at least 4 members (excludes halogenated alkanes) is 1. The molecule has 0 aromatic carbocycles. The van der Waals surface area contributed by atoms with E-state index in [1.807, 2.05) is 0 Å². The summed E-state index contributed by atoms with van der Waals surface area (Å²) < 4.78 is 9.05. The fourth-order valence-corrected chi connectivity index (χ4v) is 0.873. The molecule has 0 atom stereocenters. The van der Waals surface area contributed by atoms with Gasteiger partial charge in [0.1, 0.15) is 0 Å². The lowest BCUT2D eigenvalue weighted by molar-refractivity contribution is -0.133. The molecule has 0 saturated carbocycles. The molecule has 1 N–H and O–H groups in total. The lowest BCUT2D eigenvalue weighted by atomic mass is 10.1. The lowest BCUT2D eigenvalue weighted by Crippen LogP contribution is -2.24. The number of carbonyl (C=O) groups is 2. The molecule has 14 heavy (non-hydrogen) atoms. The third kappa shape index (κ3) is 4.71. The Hall–Kier alpha value is -1.23. The molecule has 80 valence electrons. The highest BCUT2D eigenvalue weighted by molar-refractivity contribution is 6.63. The normalized spacial score (nSPS) is 9.57. The molecule has 5 heteroatoms. The first-order valence-corrected chi connectivity index (χ1v) is 4.32. The van der Waals surface area contributed by atoms with E-state index in [-0.39, 0.29) is 6.42 Å². The number of esters is 1. The van der Waals surface area contributed by atoms with Crippen LogP contribution in [-0.4, -0.2) is 38.3 Å². The fraction of sp³-hybridized carbons (Fsp3) is 0.667. The number of hydrogen-bond acceptors (Lipinski definition) is 5. The van der Waals surface area contributed by atoms with Crippen molar-refractivity contribution in [3.05, 3.63) is 0 Å². The molecule has 0 unspecified atom stereocenters. The Bertz CT molecular complexity index is 225. The number of methoxy groups -OCH3 is 2. The third-order valence-corrected chi connectivity index (χ3v) is 1.67. The van der Waals surface area contributed by atoms with Gasteiger partial charge in [0.25, 0.3) is 0 Å². The molecule has 0 aliphatic rings. The van der Waals surface area contributed by atoms with Crippen molar-refractivity contribution >= 4 is 17.5 Å². The lowest BCUT2D eigenvalue weighted by Gasteiger charge is -2.00. The van der Waals surface area contributed by atoms with Gasteiger partial charge in [-0.2, -0.15) is 0 Å². The van der Waals surface area contributed by atoms with Gasteiger partial charge in [-0.15, -0.1) is 0 Å². The van der Waals surface area contributed by atoms with Crippen LogP contribution in [0, 0.1) is 5.41 Å². The molecule has 0 fully saturated rings. The van der Waals surface area contributed by atoms with Crippen LogP contribution in [-0.2, 0) is 19.1 Å². The SMILES string of the molecule is COCCCCC(=O)C(=N)C(=O)OC. The summed E-state index contributed by atoms with van der Waals surface area (Å²) in [6.07, 6.45) is 1.56. The molecule has 0 aliphatic carbocycles. The van der Waals surface area contributed by atoms with Crippen LogP contribution in [0.15, 0.2) is 0 Å². The van der Waals surface area contributed by atoms with Gasteiger partial charge in [0, 0.05) is 20.1 Å². The minimum atomic E-state index is -0.873. The molecule has 0 bridgehead atoms. The molecule has 0 saturated heterocycles. The molecule has 0 heterocycles. The second-order valence-corrected chi connectivity index (χ2v) is 2.74. The second-order valence-electron chi connectivity index (χ2n) is 2.74. The Morgan fingerprint density at radius 1 is 1.21 bits per heavy atom. The van der Waals surface area contributed by atoms with Crippen LogP contribution in [0.1, 0.15) is 19.3 Å². The molecule has 0 rings (SSSR count). The van der Waals surface area contributed by atoms with Crippen molar-refractivity contribution in [2.75, 3.05) is 20.8 Å². The van der Waals surface area contributed by atoms with Crippen molar-refractivity contribution in [2.24, 2.45) is 0 Å². The van der Waals surface area contributed by atoms with E-state index in [9.17, 15) is 9.59 Å². The zero-order valence-electron chi connectivity index (χ0n) is 8.46. The number of ether oxygens (including phenoxy) is 2. The molecule has 0 aromatic heterocycles. The number of Topliss-reactive ketones (excluding diaryl/α,β-unsaturated/α-hetero) is 1. The van der Waals surface area contributed by atoms with E-state index in [2.05, 4.69) is 4.74 Å². The van der Waals surface area contributed by atoms with Crippen LogP contribution in [0.25, 0.3) is 0 Å². The summed E-state index contributed by atoms with van der Waals surface area (Å²) in [5.74, 6) is -1.35. The van der Waals surface area contributed by atoms with E-state index in [0.29, 0.717) is 13.0 Å². The minimum absolute atomic E-state index is 0.192. The van der Waals surface area contributed by atoms with Gasteiger partial charge >= 0.3 is 5.97 Å². The monoisotopic (exact) mass is 201 g/mol. The smallest absolute Gasteiger partial charge is 0.359 e. The van der Waals surface area contributed by atoms with E-state index in [0.717, 1.165) is 13.5 Å². The van der Waals surface area contributed by atoms with E-state index in [1.165, 1.54) is 0 Å².